The zero-order valence-corrected chi connectivity index (χ0v) is 8.21. The first-order valence-electron chi connectivity index (χ1n) is 3.81. The lowest BCUT2D eigenvalue weighted by Gasteiger charge is -2.06. The first kappa shape index (κ1) is 12.1. The van der Waals surface area contributed by atoms with Crippen molar-refractivity contribution >= 4 is 17.0 Å². The van der Waals surface area contributed by atoms with Crippen molar-refractivity contribution in [3.63, 3.8) is 0 Å². The van der Waals surface area contributed by atoms with E-state index in [1.54, 1.807) is 24.3 Å². The second-order valence-electron chi connectivity index (χ2n) is 2.11. The van der Waals surface area contributed by atoms with Crippen LogP contribution in [0.2, 0.25) is 0 Å². The van der Waals surface area contributed by atoms with Crippen molar-refractivity contribution in [1.82, 2.24) is 0 Å². The van der Waals surface area contributed by atoms with Gasteiger partial charge in [0.15, 0.2) is 0 Å². The van der Waals surface area contributed by atoms with Crippen LogP contribution in [-0.4, -0.2) is 15.3 Å². The maximum Gasteiger partial charge on any atom is 0.0452 e. The van der Waals surface area contributed by atoms with E-state index in [9.17, 15) is 8.76 Å². The lowest BCUT2D eigenvalue weighted by Crippen LogP contribution is -2.01. The molecule has 1 rings (SSSR count). The monoisotopic (exact) mass is 201 g/mol. The molecule has 0 spiro atoms. The molecule has 3 N–H and O–H groups in total. The summed E-state index contributed by atoms with van der Waals surface area (Å²) >= 11 is -2.22. The van der Waals surface area contributed by atoms with Gasteiger partial charge in [-0.1, -0.05) is 25.1 Å². The van der Waals surface area contributed by atoms with Crippen LogP contribution in [0.3, 0.4) is 0 Å². The number of hydrogen-bond acceptors (Lipinski definition) is 3. The summed E-state index contributed by atoms with van der Waals surface area (Å²) in [7, 11) is 0. The molecule has 0 saturated carbocycles. The summed E-state index contributed by atoms with van der Waals surface area (Å²) in [5.41, 5.74) is 5.43. The van der Waals surface area contributed by atoms with E-state index >= 15 is 0 Å². The van der Waals surface area contributed by atoms with Crippen LogP contribution in [-0.2, 0) is 11.3 Å². The fourth-order valence-corrected chi connectivity index (χ4v) is 0.931. The van der Waals surface area contributed by atoms with Gasteiger partial charge in [0, 0.05) is 17.0 Å². The maximum atomic E-state index is 10.1. The Kier molecular flexibility index (Phi) is 7.18. The maximum absolute atomic E-state index is 10.1. The van der Waals surface area contributed by atoms with E-state index in [0.717, 1.165) is 6.54 Å². The van der Waals surface area contributed by atoms with Crippen LogP contribution in [0.25, 0.3) is 0 Å². The molecular weight excluding hydrogens is 188 g/mol. The summed E-state index contributed by atoms with van der Waals surface area (Å²) in [6.07, 6.45) is 0. The SMILES string of the molecule is CCN.O=S([O-])Nc1ccccc1. The van der Waals surface area contributed by atoms with E-state index in [4.69, 9.17) is 5.73 Å². The summed E-state index contributed by atoms with van der Waals surface area (Å²) in [6, 6.07) is 8.69. The molecular formula is C8H13N2O2S-. The van der Waals surface area contributed by atoms with Gasteiger partial charge in [-0.3, -0.25) is 4.21 Å². The second-order valence-corrected chi connectivity index (χ2v) is 2.78. The average Bonchev–Trinajstić information content (AvgIpc) is 2.06. The van der Waals surface area contributed by atoms with E-state index in [2.05, 4.69) is 4.72 Å². The van der Waals surface area contributed by atoms with Gasteiger partial charge in [-0.05, 0) is 18.7 Å². The van der Waals surface area contributed by atoms with Gasteiger partial charge < -0.3 is 15.0 Å². The highest BCUT2D eigenvalue weighted by atomic mass is 32.2. The minimum Gasteiger partial charge on any atom is -0.755 e. The molecule has 0 aliphatic rings. The van der Waals surface area contributed by atoms with Crippen LogP contribution in [0.1, 0.15) is 6.92 Å². The Hall–Kier alpha value is -0.910. The summed E-state index contributed by atoms with van der Waals surface area (Å²) in [6.45, 7) is 2.65. The molecule has 1 aromatic rings. The molecule has 1 atom stereocenters. The van der Waals surface area contributed by atoms with E-state index in [1.165, 1.54) is 0 Å². The third kappa shape index (κ3) is 7.45. The van der Waals surface area contributed by atoms with Crippen molar-refractivity contribution in [2.24, 2.45) is 5.73 Å². The number of nitrogens with one attached hydrogen (secondary N) is 1. The molecule has 0 bridgehead atoms. The highest BCUT2D eigenvalue weighted by Crippen LogP contribution is 2.04. The van der Waals surface area contributed by atoms with E-state index < -0.39 is 11.3 Å². The first-order chi connectivity index (χ1) is 6.20. The molecule has 1 aromatic carbocycles. The molecule has 0 amide bonds. The van der Waals surface area contributed by atoms with Crippen molar-refractivity contribution in [3.8, 4) is 0 Å². The molecule has 0 radical (unpaired) electrons. The van der Waals surface area contributed by atoms with Gasteiger partial charge in [0.05, 0.1) is 0 Å². The third-order valence-corrected chi connectivity index (χ3v) is 1.38. The molecule has 0 aliphatic heterocycles. The van der Waals surface area contributed by atoms with Crippen molar-refractivity contribution in [2.45, 2.75) is 6.92 Å². The zero-order chi connectivity index (χ0) is 10.1. The average molecular weight is 201 g/mol. The Morgan fingerprint density at radius 3 is 2.31 bits per heavy atom. The van der Waals surface area contributed by atoms with E-state index in [0.29, 0.717) is 5.69 Å². The fraction of sp³-hybridized carbons (Fsp3) is 0.250. The highest BCUT2D eigenvalue weighted by Gasteiger charge is 1.84. The molecule has 0 aromatic heterocycles. The van der Waals surface area contributed by atoms with Gasteiger partial charge >= 0.3 is 0 Å². The molecule has 0 aliphatic carbocycles. The molecule has 0 saturated heterocycles. The first-order valence-corrected chi connectivity index (χ1v) is 4.89. The number of para-hydroxylation sites is 1. The van der Waals surface area contributed by atoms with E-state index in [-0.39, 0.29) is 0 Å². The normalized spacial score (nSPS) is 11.0. The molecule has 0 fully saturated rings. The third-order valence-electron chi connectivity index (χ3n) is 0.975. The Labute approximate surface area is 80.6 Å². The van der Waals surface area contributed by atoms with Gasteiger partial charge in [-0.15, -0.1) is 0 Å². The zero-order valence-electron chi connectivity index (χ0n) is 7.40. The number of benzene rings is 1. The Morgan fingerprint density at radius 2 is 1.92 bits per heavy atom. The van der Waals surface area contributed by atoms with Crippen LogP contribution in [0.15, 0.2) is 30.3 Å². The van der Waals surface area contributed by atoms with Crippen molar-refractivity contribution in [3.05, 3.63) is 30.3 Å². The topological polar surface area (TPSA) is 78.2 Å². The quantitative estimate of drug-likeness (QED) is 0.696. The Morgan fingerprint density at radius 1 is 1.46 bits per heavy atom. The van der Waals surface area contributed by atoms with Crippen molar-refractivity contribution < 1.29 is 8.76 Å². The number of hydrogen-bond donors (Lipinski definition) is 2. The standard InChI is InChI=1S/C6H7NO2S.C2H7N/c8-10(9)7-6-4-2-1-3-5-6;1-2-3/h1-5,7H,(H,8,9);2-3H2,1H3/p-1. The molecule has 5 heteroatoms. The Bertz CT molecular complexity index is 241. The van der Waals surface area contributed by atoms with E-state index in [1.807, 2.05) is 13.0 Å². The van der Waals surface area contributed by atoms with Crippen LogP contribution in [0.4, 0.5) is 5.69 Å². The molecule has 74 valence electrons. The lowest BCUT2D eigenvalue weighted by atomic mass is 10.3. The van der Waals surface area contributed by atoms with Gasteiger partial charge in [-0.25, -0.2) is 0 Å². The smallest absolute Gasteiger partial charge is 0.0452 e. The summed E-state index contributed by atoms with van der Waals surface area (Å²) in [4.78, 5) is 0. The van der Waals surface area contributed by atoms with Gasteiger partial charge in [-0.2, -0.15) is 0 Å². The van der Waals surface area contributed by atoms with Gasteiger partial charge in [0.25, 0.3) is 0 Å². The number of rotatable bonds is 2. The molecule has 4 nitrogen and oxygen atoms in total. The fourth-order valence-electron chi connectivity index (χ4n) is 0.602. The largest absolute Gasteiger partial charge is 0.755 e. The van der Waals surface area contributed by atoms with Crippen LogP contribution in [0, 0.1) is 0 Å². The lowest BCUT2D eigenvalue weighted by molar-refractivity contribution is 0.542. The van der Waals surface area contributed by atoms with Gasteiger partial charge in [0.2, 0.25) is 0 Å². The molecule has 1 unspecified atom stereocenters. The van der Waals surface area contributed by atoms with Crippen molar-refractivity contribution in [1.29, 1.82) is 0 Å². The second kappa shape index (κ2) is 7.72. The number of anilines is 1. The van der Waals surface area contributed by atoms with Gasteiger partial charge in [0.1, 0.15) is 0 Å². The van der Waals surface area contributed by atoms with Crippen molar-refractivity contribution in [2.75, 3.05) is 11.3 Å². The predicted octanol–water partition coefficient (Wildman–Crippen LogP) is 0.858. The summed E-state index contributed by atoms with van der Waals surface area (Å²) < 4.78 is 22.3. The Balaban J connectivity index is 0.000000424. The van der Waals surface area contributed by atoms with Crippen LogP contribution in [0.5, 0.6) is 0 Å². The predicted molar refractivity (Wildman–Crippen MR) is 53.7 cm³/mol. The molecule has 0 heterocycles. The van der Waals surface area contributed by atoms with Crippen LogP contribution < -0.4 is 10.5 Å². The minimum absolute atomic E-state index is 0.579. The summed E-state index contributed by atoms with van der Waals surface area (Å²) in [5.74, 6) is 0. The molecule has 13 heavy (non-hydrogen) atoms. The van der Waals surface area contributed by atoms with Crippen LogP contribution >= 0.6 is 0 Å². The minimum atomic E-state index is -2.22. The highest BCUT2D eigenvalue weighted by molar-refractivity contribution is 7.80. The summed E-state index contributed by atoms with van der Waals surface area (Å²) in [5, 5.41) is 0. The number of nitrogens with two attached hydrogens (primary N) is 1.